The molecule has 7 heteroatoms. The zero-order valence-electron chi connectivity index (χ0n) is 17.2. The van der Waals surface area contributed by atoms with E-state index >= 15 is 0 Å². The van der Waals surface area contributed by atoms with Gasteiger partial charge in [-0.05, 0) is 51.2 Å². The number of carbonyl (C=O) groups excluding carboxylic acids is 2. The highest BCUT2D eigenvalue weighted by Gasteiger charge is 2.39. The van der Waals surface area contributed by atoms with E-state index in [4.69, 9.17) is 4.74 Å². The zero-order chi connectivity index (χ0) is 21.1. The number of anilines is 1. The van der Waals surface area contributed by atoms with Crippen LogP contribution in [0, 0.1) is 5.92 Å². The van der Waals surface area contributed by atoms with Gasteiger partial charge in [0.25, 0.3) is 0 Å². The first-order valence-corrected chi connectivity index (χ1v) is 9.60. The van der Waals surface area contributed by atoms with Gasteiger partial charge in [0.2, 0.25) is 5.91 Å². The van der Waals surface area contributed by atoms with Crippen molar-refractivity contribution in [2.45, 2.75) is 71.6 Å². The summed E-state index contributed by atoms with van der Waals surface area (Å²) in [6, 6.07) is 6.14. The number of carbonyl (C=O) groups is 3. The number of nitrogens with one attached hydrogen (secondary N) is 1. The van der Waals surface area contributed by atoms with E-state index in [0.29, 0.717) is 18.5 Å². The number of hydrogen-bond donors (Lipinski definition) is 2. The number of nitrogens with zero attached hydrogens (tertiary/aromatic N) is 1. The van der Waals surface area contributed by atoms with Crippen molar-refractivity contribution in [1.82, 2.24) is 5.32 Å². The Morgan fingerprint density at radius 2 is 1.89 bits per heavy atom. The van der Waals surface area contributed by atoms with Gasteiger partial charge in [-0.2, -0.15) is 0 Å². The molecule has 7 nitrogen and oxygen atoms in total. The van der Waals surface area contributed by atoms with Crippen LogP contribution in [-0.4, -0.2) is 40.8 Å². The van der Waals surface area contributed by atoms with Gasteiger partial charge in [-0.25, -0.2) is 4.79 Å². The number of rotatable bonds is 6. The standard InChI is InChI=1S/C21H30N2O5/c1-13(2)10-16(22-20(27)28-21(3,4)5)19(26)23-15(12-18(24)25)11-14-8-6-7-9-17(14)23/h6-9,13,15-16H,10-12H2,1-5H3,(H,22,27)(H,24,25)/t15-,16?/m1/s1. The lowest BCUT2D eigenvalue weighted by atomic mass is 10.0. The van der Waals surface area contributed by atoms with Crippen LogP contribution >= 0.6 is 0 Å². The van der Waals surface area contributed by atoms with Crippen LogP contribution in [0.1, 0.15) is 53.0 Å². The molecule has 0 bridgehead atoms. The molecule has 2 amide bonds. The Kier molecular flexibility index (Phi) is 6.69. The van der Waals surface area contributed by atoms with E-state index in [1.54, 1.807) is 20.8 Å². The molecule has 2 N–H and O–H groups in total. The predicted octanol–water partition coefficient (Wildman–Crippen LogP) is 3.36. The SMILES string of the molecule is CC(C)CC(NC(=O)OC(C)(C)C)C(=O)N1c2ccccc2C[C@@H]1CC(=O)O. The largest absolute Gasteiger partial charge is 0.481 e. The number of para-hydroxylation sites is 1. The molecule has 1 aliphatic heterocycles. The Hall–Kier alpha value is -2.57. The molecule has 0 fully saturated rings. The topological polar surface area (TPSA) is 95.9 Å². The fourth-order valence-corrected chi connectivity index (χ4v) is 3.43. The Bertz CT molecular complexity index is 739. The highest BCUT2D eigenvalue weighted by molar-refractivity contribution is 6.01. The van der Waals surface area contributed by atoms with Crippen molar-refractivity contribution in [2.24, 2.45) is 5.92 Å². The first-order chi connectivity index (χ1) is 13.0. The molecule has 2 atom stereocenters. The number of benzene rings is 1. The first-order valence-electron chi connectivity index (χ1n) is 9.60. The fourth-order valence-electron chi connectivity index (χ4n) is 3.43. The minimum atomic E-state index is -0.962. The molecule has 154 valence electrons. The molecule has 0 aromatic heterocycles. The first kappa shape index (κ1) is 21.7. The molecule has 2 rings (SSSR count). The predicted molar refractivity (Wildman–Crippen MR) is 106 cm³/mol. The smallest absolute Gasteiger partial charge is 0.408 e. The molecule has 1 aliphatic rings. The lowest BCUT2D eigenvalue weighted by Crippen LogP contribution is -2.52. The third-order valence-corrected chi connectivity index (χ3v) is 4.42. The number of hydrogen-bond acceptors (Lipinski definition) is 4. The number of aliphatic carboxylic acids is 1. The van der Waals surface area contributed by atoms with E-state index in [1.807, 2.05) is 38.1 Å². The second kappa shape index (κ2) is 8.63. The summed E-state index contributed by atoms with van der Waals surface area (Å²) >= 11 is 0. The van der Waals surface area contributed by atoms with Crippen molar-refractivity contribution in [3.05, 3.63) is 29.8 Å². The number of alkyl carbamates (subject to hydrolysis) is 1. The highest BCUT2D eigenvalue weighted by Crippen LogP contribution is 2.34. The minimum absolute atomic E-state index is 0.152. The summed E-state index contributed by atoms with van der Waals surface area (Å²) in [5, 5.41) is 12.0. The van der Waals surface area contributed by atoms with Gasteiger partial charge >= 0.3 is 12.1 Å². The number of ether oxygens (including phenoxy) is 1. The molecular formula is C21H30N2O5. The summed E-state index contributed by atoms with van der Waals surface area (Å²) in [6.45, 7) is 9.19. The van der Waals surface area contributed by atoms with Crippen molar-refractivity contribution in [1.29, 1.82) is 0 Å². The van der Waals surface area contributed by atoms with Gasteiger partial charge in [-0.1, -0.05) is 32.0 Å². The van der Waals surface area contributed by atoms with Crippen LogP contribution in [-0.2, 0) is 20.7 Å². The van der Waals surface area contributed by atoms with E-state index in [0.717, 1.165) is 5.56 Å². The second-order valence-corrected chi connectivity index (χ2v) is 8.62. The maximum absolute atomic E-state index is 13.4. The van der Waals surface area contributed by atoms with Gasteiger partial charge in [0.15, 0.2) is 0 Å². The molecular weight excluding hydrogens is 360 g/mol. The van der Waals surface area contributed by atoms with Crippen LogP contribution in [0.5, 0.6) is 0 Å². The maximum Gasteiger partial charge on any atom is 0.408 e. The Balaban J connectivity index is 2.29. The molecule has 28 heavy (non-hydrogen) atoms. The fraction of sp³-hybridized carbons (Fsp3) is 0.571. The summed E-state index contributed by atoms with van der Waals surface area (Å²) in [7, 11) is 0. The monoisotopic (exact) mass is 390 g/mol. The molecule has 1 unspecified atom stereocenters. The normalized spacial score (nSPS) is 17.2. The van der Waals surface area contributed by atoms with E-state index < -0.39 is 29.7 Å². The molecule has 0 radical (unpaired) electrons. The van der Waals surface area contributed by atoms with Crippen LogP contribution in [0.4, 0.5) is 10.5 Å². The number of amides is 2. The average molecular weight is 390 g/mol. The molecule has 1 aromatic carbocycles. The van der Waals surface area contributed by atoms with Crippen LogP contribution in [0.15, 0.2) is 24.3 Å². The van der Waals surface area contributed by atoms with Crippen molar-refractivity contribution < 1.29 is 24.2 Å². The van der Waals surface area contributed by atoms with Crippen molar-refractivity contribution >= 4 is 23.7 Å². The van der Waals surface area contributed by atoms with Crippen molar-refractivity contribution in [3.63, 3.8) is 0 Å². The lowest BCUT2D eigenvalue weighted by molar-refractivity contribution is -0.137. The average Bonchev–Trinajstić information content (AvgIpc) is 2.88. The van der Waals surface area contributed by atoms with Gasteiger partial charge < -0.3 is 20.1 Å². The van der Waals surface area contributed by atoms with Crippen molar-refractivity contribution in [3.8, 4) is 0 Å². The van der Waals surface area contributed by atoms with Gasteiger partial charge in [0.05, 0.1) is 12.5 Å². The summed E-state index contributed by atoms with van der Waals surface area (Å²) in [4.78, 5) is 38.5. The summed E-state index contributed by atoms with van der Waals surface area (Å²) in [5.74, 6) is -1.12. The molecule has 1 heterocycles. The molecule has 0 aliphatic carbocycles. The number of carboxylic acids is 1. The van der Waals surface area contributed by atoms with Gasteiger partial charge in [0.1, 0.15) is 11.6 Å². The van der Waals surface area contributed by atoms with E-state index in [2.05, 4.69) is 5.32 Å². The molecule has 0 saturated heterocycles. The Morgan fingerprint density at radius 1 is 1.25 bits per heavy atom. The summed E-state index contributed by atoms with van der Waals surface area (Å²) in [6.07, 6.45) is 0.0982. The van der Waals surface area contributed by atoms with Gasteiger partial charge in [0, 0.05) is 5.69 Å². The van der Waals surface area contributed by atoms with Crippen LogP contribution in [0.2, 0.25) is 0 Å². The third kappa shape index (κ3) is 5.71. The summed E-state index contributed by atoms with van der Waals surface area (Å²) < 4.78 is 5.31. The Morgan fingerprint density at radius 3 is 2.46 bits per heavy atom. The third-order valence-electron chi connectivity index (χ3n) is 4.42. The van der Waals surface area contributed by atoms with E-state index in [-0.39, 0.29) is 18.2 Å². The number of carboxylic acid groups (broad SMARTS) is 1. The van der Waals surface area contributed by atoms with Crippen LogP contribution in [0.25, 0.3) is 0 Å². The molecule has 0 saturated carbocycles. The number of fused-ring (bicyclic) bond motifs is 1. The maximum atomic E-state index is 13.4. The van der Waals surface area contributed by atoms with Crippen LogP contribution < -0.4 is 10.2 Å². The summed E-state index contributed by atoms with van der Waals surface area (Å²) in [5.41, 5.74) is 0.961. The van der Waals surface area contributed by atoms with Gasteiger partial charge in [-0.15, -0.1) is 0 Å². The van der Waals surface area contributed by atoms with Gasteiger partial charge in [-0.3, -0.25) is 9.59 Å². The molecule has 1 aromatic rings. The minimum Gasteiger partial charge on any atom is -0.481 e. The lowest BCUT2D eigenvalue weighted by Gasteiger charge is -2.30. The van der Waals surface area contributed by atoms with Crippen molar-refractivity contribution in [2.75, 3.05) is 4.90 Å². The van der Waals surface area contributed by atoms with E-state index in [9.17, 15) is 19.5 Å². The highest BCUT2D eigenvalue weighted by atomic mass is 16.6. The zero-order valence-corrected chi connectivity index (χ0v) is 17.2. The second-order valence-electron chi connectivity index (χ2n) is 8.62. The van der Waals surface area contributed by atoms with E-state index in [1.165, 1.54) is 4.90 Å². The van der Waals surface area contributed by atoms with Crippen LogP contribution in [0.3, 0.4) is 0 Å². The molecule has 0 spiro atoms. The Labute approximate surface area is 166 Å². The quantitative estimate of drug-likeness (QED) is 0.776.